The zero-order valence-electron chi connectivity index (χ0n) is 14.8. The Labute approximate surface area is 157 Å². The third-order valence-electron chi connectivity index (χ3n) is 4.76. The van der Waals surface area contributed by atoms with Gasteiger partial charge in [-0.05, 0) is 42.0 Å². The average molecular weight is 365 g/mol. The van der Waals surface area contributed by atoms with Crippen LogP contribution in [0.15, 0.2) is 67.1 Å². The van der Waals surface area contributed by atoms with E-state index in [0.29, 0.717) is 26.3 Å². The Balaban J connectivity index is 1.47. The molecule has 4 rings (SSSR count). The van der Waals surface area contributed by atoms with Crippen molar-refractivity contribution in [1.82, 2.24) is 14.5 Å². The topological polar surface area (TPSA) is 47.4 Å². The van der Waals surface area contributed by atoms with Crippen LogP contribution in [0.25, 0.3) is 0 Å². The Hall–Kier alpha value is -2.99. The van der Waals surface area contributed by atoms with E-state index >= 15 is 0 Å². The number of carbonyl (C=O) groups excluding carboxylic acids is 1. The Morgan fingerprint density at radius 1 is 1.15 bits per heavy atom. The van der Waals surface area contributed by atoms with Gasteiger partial charge in [0.2, 0.25) is 0 Å². The predicted molar refractivity (Wildman–Crippen MR) is 98.5 cm³/mol. The normalized spacial score (nSPS) is 16.2. The number of fused-ring (bicyclic) bond motifs is 1. The first-order valence-corrected chi connectivity index (χ1v) is 8.88. The molecule has 0 spiro atoms. The molecule has 0 aliphatic carbocycles. The molecule has 27 heavy (non-hydrogen) atoms. The lowest BCUT2D eigenvalue weighted by molar-refractivity contribution is 0.0478. The maximum atomic E-state index is 14.0. The summed E-state index contributed by atoms with van der Waals surface area (Å²) >= 11 is 0. The fourth-order valence-electron chi connectivity index (χ4n) is 3.41. The molecule has 0 N–H and O–H groups in total. The number of ether oxygens (including phenoxy) is 1. The molecule has 3 heterocycles. The van der Waals surface area contributed by atoms with Gasteiger partial charge in [0.25, 0.3) is 5.91 Å². The molecule has 0 saturated heterocycles. The Morgan fingerprint density at radius 3 is 2.78 bits per heavy atom. The van der Waals surface area contributed by atoms with Gasteiger partial charge in [-0.25, -0.2) is 4.39 Å². The lowest BCUT2D eigenvalue weighted by atomic mass is 10.1. The Morgan fingerprint density at radius 2 is 1.96 bits per heavy atom. The van der Waals surface area contributed by atoms with Crippen molar-refractivity contribution in [1.29, 1.82) is 0 Å². The van der Waals surface area contributed by atoms with Gasteiger partial charge in [-0.1, -0.05) is 12.1 Å². The summed E-state index contributed by atoms with van der Waals surface area (Å²) in [7, 11) is 0. The average Bonchev–Trinajstić information content (AvgIpc) is 3.17. The molecule has 1 aliphatic heterocycles. The molecule has 1 aromatic carbocycles. The number of halogens is 1. The fraction of sp³-hybridized carbons (Fsp3) is 0.238. The summed E-state index contributed by atoms with van der Waals surface area (Å²) in [6.45, 7) is 1.88. The third-order valence-corrected chi connectivity index (χ3v) is 4.76. The molecule has 5 nitrogen and oxygen atoms in total. The van der Waals surface area contributed by atoms with Gasteiger partial charge < -0.3 is 14.2 Å². The lowest BCUT2D eigenvalue weighted by Crippen LogP contribution is -2.42. The molecule has 1 aliphatic rings. The van der Waals surface area contributed by atoms with Crippen LogP contribution >= 0.6 is 0 Å². The standard InChI is InChI=1S/C21H20FN3O2/c22-20-6-2-1-5-19(20)21(26)24-12-17-4-3-11-25(17)18(13-24)15-27-14-16-7-9-23-10-8-16/h1-11,18H,12-15H2/t18-/m1/s1. The van der Waals surface area contributed by atoms with E-state index < -0.39 is 5.82 Å². The molecule has 0 bridgehead atoms. The SMILES string of the molecule is O=C(c1ccccc1F)N1Cc2cccn2[C@@H](COCc2ccncc2)C1. The first-order valence-electron chi connectivity index (χ1n) is 8.88. The number of benzene rings is 1. The molecule has 0 radical (unpaired) electrons. The van der Waals surface area contributed by atoms with Crippen molar-refractivity contribution >= 4 is 5.91 Å². The number of hydrogen-bond acceptors (Lipinski definition) is 3. The van der Waals surface area contributed by atoms with Crippen LogP contribution in [0.2, 0.25) is 0 Å². The van der Waals surface area contributed by atoms with Gasteiger partial charge in [-0.2, -0.15) is 0 Å². The van der Waals surface area contributed by atoms with Crippen molar-refractivity contribution in [2.45, 2.75) is 19.2 Å². The largest absolute Gasteiger partial charge is 0.375 e. The van der Waals surface area contributed by atoms with Crippen LogP contribution in [0, 0.1) is 5.82 Å². The number of carbonyl (C=O) groups is 1. The minimum Gasteiger partial charge on any atom is -0.375 e. The zero-order chi connectivity index (χ0) is 18.6. The van der Waals surface area contributed by atoms with Gasteiger partial charge in [0.05, 0.1) is 31.4 Å². The van der Waals surface area contributed by atoms with Crippen molar-refractivity contribution < 1.29 is 13.9 Å². The number of pyridine rings is 1. The molecule has 0 saturated carbocycles. The number of rotatable bonds is 5. The first kappa shape index (κ1) is 17.4. The van der Waals surface area contributed by atoms with Crippen molar-refractivity contribution in [3.8, 4) is 0 Å². The predicted octanol–water partition coefficient (Wildman–Crippen LogP) is 3.44. The van der Waals surface area contributed by atoms with E-state index in [4.69, 9.17) is 4.74 Å². The van der Waals surface area contributed by atoms with E-state index in [-0.39, 0.29) is 17.5 Å². The highest BCUT2D eigenvalue weighted by Crippen LogP contribution is 2.24. The molecule has 138 valence electrons. The molecule has 1 atom stereocenters. The van der Waals surface area contributed by atoms with Crippen molar-refractivity contribution in [2.24, 2.45) is 0 Å². The van der Waals surface area contributed by atoms with Gasteiger partial charge in [-0.3, -0.25) is 9.78 Å². The van der Waals surface area contributed by atoms with Gasteiger partial charge >= 0.3 is 0 Å². The maximum absolute atomic E-state index is 14.0. The quantitative estimate of drug-likeness (QED) is 0.696. The summed E-state index contributed by atoms with van der Waals surface area (Å²) in [4.78, 5) is 18.5. The Kier molecular flexibility index (Phi) is 4.98. The molecule has 0 fully saturated rings. The minimum absolute atomic E-state index is 0.0127. The van der Waals surface area contributed by atoms with E-state index in [9.17, 15) is 9.18 Å². The molecular formula is C21H20FN3O2. The molecular weight excluding hydrogens is 345 g/mol. The van der Waals surface area contributed by atoms with Crippen molar-refractivity contribution in [3.05, 3.63) is 89.8 Å². The number of aromatic nitrogens is 2. The van der Waals surface area contributed by atoms with Crippen molar-refractivity contribution in [3.63, 3.8) is 0 Å². The highest BCUT2D eigenvalue weighted by molar-refractivity contribution is 5.94. The second-order valence-electron chi connectivity index (χ2n) is 6.60. The minimum atomic E-state index is -0.492. The van der Waals surface area contributed by atoms with E-state index in [1.807, 2.05) is 30.5 Å². The third kappa shape index (κ3) is 3.75. The molecule has 2 aromatic heterocycles. The van der Waals surface area contributed by atoms with E-state index in [1.165, 1.54) is 12.1 Å². The van der Waals surface area contributed by atoms with Crippen LogP contribution in [0.5, 0.6) is 0 Å². The Bertz CT molecular complexity index is 926. The molecule has 3 aromatic rings. The summed E-state index contributed by atoms with van der Waals surface area (Å²) < 4.78 is 22.1. The van der Waals surface area contributed by atoms with Crippen LogP contribution < -0.4 is 0 Å². The zero-order valence-corrected chi connectivity index (χ0v) is 14.8. The summed E-state index contributed by atoms with van der Waals surface area (Å²) in [5.41, 5.74) is 2.17. The smallest absolute Gasteiger partial charge is 0.257 e. The van der Waals surface area contributed by atoms with Gasteiger partial charge in [0.1, 0.15) is 5.82 Å². The number of hydrogen-bond donors (Lipinski definition) is 0. The van der Waals surface area contributed by atoms with Crippen molar-refractivity contribution in [2.75, 3.05) is 13.2 Å². The summed E-state index contributed by atoms with van der Waals surface area (Å²) in [5.74, 6) is -0.784. The van der Waals surface area contributed by atoms with Gasteiger partial charge in [0, 0.05) is 30.8 Å². The fourth-order valence-corrected chi connectivity index (χ4v) is 3.41. The maximum Gasteiger partial charge on any atom is 0.257 e. The van der Waals surface area contributed by atoms with Crippen LogP contribution in [0.3, 0.4) is 0 Å². The van der Waals surface area contributed by atoms with Crippen LogP contribution in [0.1, 0.15) is 27.7 Å². The highest BCUT2D eigenvalue weighted by Gasteiger charge is 2.29. The summed E-state index contributed by atoms with van der Waals surface area (Å²) in [5, 5.41) is 0. The monoisotopic (exact) mass is 365 g/mol. The van der Waals surface area contributed by atoms with Crippen LogP contribution in [-0.2, 0) is 17.9 Å². The first-order chi connectivity index (χ1) is 13.2. The summed E-state index contributed by atoms with van der Waals surface area (Å²) in [6, 6.07) is 13.9. The van der Waals surface area contributed by atoms with Gasteiger partial charge in [0.15, 0.2) is 0 Å². The molecule has 6 heteroatoms. The number of nitrogens with zero attached hydrogens (tertiary/aromatic N) is 3. The second kappa shape index (κ2) is 7.72. The molecule has 0 unspecified atom stereocenters. The van der Waals surface area contributed by atoms with Crippen LogP contribution in [-0.4, -0.2) is 33.5 Å². The van der Waals surface area contributed by atoms with E-state index in [0.717, 1.165) is 11.3 Å². The lowest BCUT2D eigenvalue weighted by Gasteiger charge is -2.35. The van der Waals surface area contributed by atoms with E-state index in [1.54, 1.807) is 29.4 Å². The highest BCUT2D eigenvalue weighted by atomic mass is 19.1. The van der Waals surface area contributed by atoms with E-state index in [2.05, 4.69) is 9.55 Å². The second-order valence-corrected chi connectivity index (χ2v) is 6.60. The van der Waals surface area contributed by atoms with Crippen LogP contribution in [0.4, 0.5) is 4.39 Å². The number of amides is 1. The molecule has 1 amide bonds. The summed E-state index contributed by atoms with van der Waals surface area (Å²) in [6.07, 6.45) is 5.47. The van der Waals surface area contributed by atoms with Gasteiger partial charge in [-0.15, -0.1) is 0 Å².